The second-order valence-corrected chi connectivity index (χ2v) is 8.47. The molecule has 5 atom stereocenters. The Morgan fingerprint density at radius 2 is 1.83 bits per heavy atom. The van der Waals surface area contributed by atoms with E-state index in [-0.39, 0.29) is 5.41 Å². The van der Waals surface area contributed by atoms with Gasteiger partial charge in [0.05, 0.1) is 0 Å². The average molecular weight is 320 g/mol. The van der Waals surface area contributed by atoms with Crippen LogP contribution >= 0.6 is 0 Å². The van der Waals surface area contributed by atoms with E-state index < -0.39 is 0 Å². The Morgan fingerprint density at radius 3 is 2.61 bits per heavy atom. The van der Waals surface area contributed by atoms with E-state index in [1.807, 2.05) is 0 Å². The summed E-state index contributed by atoms with van der Waals surface area (Å²) >= 11 is 0. The monoisotopic (exact) mass is 320 g/mol. The van der Waals surface area contributed by atoms with Crippen LogP contribution < -0.4 is 0 Å². The second kappa shape index (κ2) is 7.04. The summed E-state index contributed by atoms with van der Waals surface area (Å²) in [5.74, 6) is 3.30. The molecule has 3 heteroatoms. The SMILES string of the molecule is COCC1CCC(=O)CC1CCC1CCCC2(C)C(=O)CCC12. The standard InChI is InChI=1S/C20H32O3/c1-20-11-3-4-14(18(20)9-10-19(20)22)5-6-15-12-17(21)8-7-16(15)13-23-2/h14-16,18H,3-13H2,1-2H3. The summed E-state index contributed by atoms with van der Waals surface area (Å²) in [7, 11) is 1.77. The highest BCUT2D eigenvalue weighted by atomic mass is 16.5. The Labute approximate surface area is 140 Å². The molecule has 0 amide bonds. The van der Waals surface area contributed by atoms with Crippen molar-refractivity contribution in [2.24, 2.45) is 29.1 Å². The molecule has 0 heterocycles. The van der Waals surface area contributed by atoms with Gasteiger partial charge in [-0.2, -0.15) is 0 Å². The van der Waals surface area contributed by atoms with Gasteiger partial charge in [-0.05, 0) is 55.8 Å². The Balaban J connectivity index is 1.60. The fourth-order valence-electron chi connectivity index (χ4n) is 5.80. The fraction of sp³-hybridized carbons (Fsp3) is 0.900. The number of methoxy groups -OCH3 is 1. The van der Waals surface area contributed by atoms with Crippen LogP contribution in [0.4, 0.5) is 0 Å². The number of rotatable bonds is 5. The third-order valence-electron chi connectivity index (χ3n) is 7.22. The van der Waals surface area contributed by atoms with Gasteiger partial charge in [0.15, 0.2) is 0 Å². The van der Waals surface area contributed by atoms with Crippen LogP contribution in [-0.4, -0.2) is 25.3 Å². The summed E-state index contributed by atoms with van der Waals surface area (Å²) in [6.45, 7) is 3.01. The topological polar surface area (TPSA) is 43.4 Å². The van der Waals surface area contributed by atoms with Crippen LogP contribution in [0.3, 0.4) is 0 Å². The number of hydrogen-bond donors (Lipinski definition) is 0. The van der Waals surface area contributed by atoms with Crippen molar-refractivity contribution in [2.75, 3.05) is 13.7 Å². The molecule has 0 spiro atoms. The highest BCUT2D eigenvalue weighted by Gasteiger charge is 2.50. The lowest BCUT2D eigenvalue weighted by Gasteiger charge is -2.41. The highest BCUT2D eigenvalue weighted by Crippen LogP contribution is 2.53. The largest absolute Gasteiger partial charge is 0.384 e. The third kappa shape index (κ3) is 3.40. The van der Waals surface area contributed by atoms with E-state index in [1.54, 1.807) is 7.11 Å². The number of fused-ring (bicyclic) bond motifs is 1. The van der Waals surface area contributed by atoms with Gasteiger partial charge < -0.3 is 4.74 Å². The molecule has 0 bridgehead atoms. The van der Waals surface area contributed by atoms with E-state index in [1.165, 1.54) is 19.3 Å². The normalized spacial score (nSPS) is 41.1. The van der Waals surface area contributed by atoms with Crippen LogP contribution in [0.1, 0.15) is 71.1 Å². The summed E-state index contributed by atoms with van der Waals surface area (Å²) in [6.07, 6.45) is 10.3. The molecule has 23 heavy (non-hydrogen) atoms. The van der Waals surface area contributed by atoms with Gasteiger partial charge in [-0.25, -0.2) is 0 Å². The lowest BCUT2D eigenvalue weighted by molar-refractivity contribution is -0.128. The molecule has 3 saturated carbocycles. The zero-order valence-electron chi connectivity index (χ0n) is 14.8. The number of hydrogen-bond acceptors (Lipinski definition) is 3. The maximum atomic E-state index is 12.3. The summed E-state index contributed by atoms with van der Waals surface area (Å²) in [5.41, 5.74) is -0.0305. The fourth-order valence-corrected chi connectivity index (χ4v) is 5.80. The molecule has 0 aromatic rings. The first-order chi connectivity index (χ1) is 11.0. The van der Waals surface area contributed by atoms with Crippen LogP contribution in [0, 0.1) is 29.1 Å². The zero-order valence-corrected chi connectivity index (χ0v) is 14.8. The first-order valence-electron chi connectivity index (χ1n) is 9.58. The van der Waals surface area contributed by atoms with Crippen LogP contribution in [0.5, 0.6) is 0 Å². The van der Waals surface area contributed by atoms with Crippen molar-refractivity contribution in [3.05, 3.63) is 0 Å². The number of ketones is 2. The minimum Gasteiger partial charge on any atom is -0.384 e. The Hall–Kier alpha value is -0.700. The Bertz CT molecular complexity index is 458. The van der Waals surface area contributed by atoms with E-state index in [0.29, 0.717) is 35.2 Å². The zero-order chi connectivity index (χ0) is 16.4. The van der Waals surface area contributed by atoms with Crippen LogP contribution in [0.15, 0.2) is 0 Å². The maximum absolute atomic E-state index is 12.3. The van der Waals surface area contributed by atoms with Gasteiger partial charge in [0.25, 0.3) is 0 Å². The van der Waals surface area contributed by atoms with Crippen molar-refractivity contribution in [2.45, 2.75) is 71.1 Å². The maximum Gasteiger partial charge on any atom is 0.139 e. The summed E-state index contributed by atoms with van der Waals surface area (Å²) < 4.78 is 5.38. The molecular formula is C20H32O3. The smallest absolute Gasteiger partial charge is 0.139 e. The van der Waals surface area contributed by atoms with Gasteiger partial charge in [-0.3, -0.25) is 9.59 Å². The van der Waals surface area contributed by atoms with Crippen molar-refractivity contribution in [3.8, 4) is 0 Å². The van der Waals surface area contributed by atoms with E-state index in [9.17, 15) is 9.59 Å². The van der Waals surface area contributed by atoms with Crippen molar-refractivity contribution < 1.29 is 14.3 Å². The second-order valence-electron chi connectivity index (χ2n) is 8.47. The molecule has 0 aliphatic heterocycles. The molecule has 3 nitrogen and oxygen atoms in total. The first kappa shape index (κ1) is 17.1. The first-order valence-corrected chi connectivity index (χ1v) is 9.58. The molecule has 3 rings (SSSR count). The number of ether oxygens (including phenoxy) is 1. The molecule has 5 unspecified atom stereocenters. The number of carbonyl (C=O) groups excluding carboxylic acids is 2. The predicted molar refractivity (Wildman–Crippen MR) is 90.1 cm³/mol. The average Bonchev–Trinajstić information content (AvgIpc) is 2.84. The van der Waals surface area contributed by atoms with Crippen LogP contribution in [-0.2, 0) is 14.3 Å². The minimum atomic E-state index is -0.0305. The quantitative estimate of drug-likeness (QED) is 0.763. The van der Waals surface area contributed by atoms with E-state index in [0.717, 1.165) is 51.6 Å². The van der Waals surface area contributed by atoms with Gasteiger partial charge in [0, 0.05) is 38.4 Å². The molecule has 0 radical (unpaired) electrons. The molecule has 0 aromatic carbocycles. The summed E-state index contributed by atoms with van der Waals surface area (Å²) in [6, 6.07) is 0. The predicted octanol–water partition coefficient (Wildman–Crippen LogP) is 4.18. The van der Waals surface area contributed by atoms with Crippen LogP contribution in [0.2, 0.25) is 0 Å². The van der Waals surface area contributed by atoms with Gasteiger partial charge in [-0.1, -0.05) is 19.8 Å². The Kier molecular flexibility index (Phi) is 5.25. The molecule has 0 saturated heterocycles. The summed E-state index contributed by atoms with van der Waals surface area (Å²) in [5, 5.41) is 0. The number of carbonyl (C=O) groups is 2. The molecule has 3 aliphatic carbocycles. The van der Waals surface area contributed by atoms with Crippen LogP contribution in [0.25, 0.3) is 0 Å². The lowest BCUT2D eigenvalue weighted by atomic mass is 9.62. The Morgan fingerprint density at radius 1 is 1.04 bits per heavy atom. The minimum absolute atomic E-state index is 0.0305. The van der Waals surface area contributed by atoms with Crippen molar-refractivity contribution in [3.63, 3.8) is 0 Å². The molecular weight excluding hydrogens is 288 g/mol. The molecule has 0 N–H and O–H groups in total. The van der Waals surface area contributed by atoms with Gasteiger partial charge in [-0.15, -0.1) is 0 Å². The van der Waals surface area contributed by atoms with Crippen molar-refractivity contribution in [1.82, 2.24) is 0 Å². The van der Waals surface area contributed by atoms with Gasteiger partial charge >= 0.3 is 0 Å². The van der Waals surface area contributed by atoms with E-state index >= 15 is 0 Å². The third-order valence-corrected chi connectivity index (χ3v) is 7.22. The summed E-state index contributed by atoms with van der Waals surface area (Å²) in [4.78, 5) is 24.2. The van der Waals surface area contributed by atoms with E-state index in [4.69, 9.17) is 4.74 Å². The molecule has 130 valence electrons. The number of Topliss-reactive ketones (excluding diaryl/α,β-unsaturated/α-hetero) is 2. The van der Waals surface area contributed by atoms with Crippen molar-refractivity contribution >= 4 is 11.6 Å². The lowest BCUT2D eigenvalue weighted by Crippen LogP contribution is -2.37. The van der Waals surface area contributed by atoms with E-state index in [2.05, 4.69) is 6.92 Å². The highest BCUT2D eigenvalue weighted by molar-refractivity contribution is 5.87. The molecule has 0 aromatic heterocycles. The van der Waals surface area contributed by atoms with Gasteiger partial charge in [0.2, 0.25) is 0 Å². The molecule has 3 aliphatic rings. The van der Waals surface area contributed by atoms with Gasteiger partial charge in [0.1, 0.15) is 11.6 Å². The molecule has 3 fully saturated rings. The van der Waals surface area contributed by atoms with Crippen molar-refractivity contribution in [1.29, 1.82) is 0 Å².